The van der Waals surface area contributed by atoms with Gasteiger partial charge in [0.25, 0.3) is 0 Å². The Bertz CT molecular complexity index is 1420. The number of rotatable bonds is 4. The van der Waals surface area contributed by atoms with E-state index in [1.54, 1.807) is 4.40 Å². The topological polar surface area (TPSA) is 12.9 Å². The fourth-order valence-electron chi connectivity index (χ4n) is 4.53. The van der Waals surface area contributed by atoms with E-state index in [-0.39, 0.29) is 0 Å². The Hall–Kier alpha value is -2.43. The fourth-order valence-corrected chi connectivity index (χ4v) is 9.48. The molecule has 160 valence electrons. The van der Waals surface area contributed by atoms with Crippen LogP contribution < -0.4 is 4.40 Å². The van der Waals surface area contributed by atoms with Gasteiger partial charge in [0.1, 0.15) is 0 Å². The average molecular weight is 496 g/mol. The third-order valence-electron chi connectivity index (χ3n) is 6.26. The summed E-state index contributed by atoms with van der Waals surface area (Å²) in [5.41, 5.74) is 6.43. The molecule has 5 rings (SSSR count). The third kappa shape index (κ3) is 3.70. The van der Waals surface area contributed by atoms with Gasteiger partial charge in [-0.05, 0) is 0 Å². The number of thiophene rings is 1. The molecule has 1 nitrogen and oxygen atoms in total. The van der Waals surface area contributed by atoms with Crippen molar-refractivity contribution in [3.63, 3.8) is 0 Å². The van der Waals surface area contributed by atoms with E-state index in [2.05, 4.69) is 104 Å². The van der Waals surface area contributed by atoms with Gasteiger partial charge in [0, 0.05) is 0 Å². The summed E-state index contributed by atoms with van der Waals surface area (Å²) < 4.78 is 4.33. The molecular weight excluding hydrogens is 467 g/mol. The van der Waals surface area contributed by atoms with Crippen LogP contribution in [0.4, 0.5) is 0 Å². The molecular formula is C29H29GeNS. The second-order valence-electron chi connectivity index (χ2n) is 9.89. The fraction of sp³-hybridized carbons (Fsp3) is 0.207. The van der Waals surface area contributed by atoms with Crippen molar-refractivity contribution in [2.75, 3.05) is 0 Å². The maximum atomic E-state index is 4.77. The summed E-state index contributed by atoms with van der Waals surface area (Å²) >= 11 is -0.148. The van der Waals surface area contributed by atoms with Gasteiger partial charge in [0.15, 0.2) is 0 Å². The van der Waals surface area contributed by atoms with Crippen LogP contribution in [0.1, 0.15) is 25.3 Å². The molecule has 0 atom stereocenters. The molecule has 0 N–H and O–H groups in total. The number of nitrogens with zero attached hydrogens (tertiary/aromatic N) is 1. The molecule has 0 fully saturated rings. The predicted molar refractivity (Wildman–Crippen MR) is 145 cm³/mol. The van der Waals surface area contributed by atoms with Gasteiger partial charge in [-0.3, -0.25) is 0 Å². The van der Waals surface area contributed by atoms with Crippen LogP contribution in [0.3, 0.4) is 0 Å². The molecule has 0 unspecified atom stereocenters. The molecule has 0 aliphatic carbocycles. The quantitative estimate of drug-likeness (QED) is 0.228. The van der Waals surface area contributed by atoms with Crippen molar-refractivity contribution in [3.05, 3.63) is 84.6 Å². The zero-order valence-corrected chi connectivity index (χ0v) is 22.4. The number of fused-ring (bicyclic) bond motifs is 3. The number of aromatic nitrogens is 1. The number of hydrogen-bond acceptors (Lipinski definition) is 2. The van der Waals surface area contributed by atoms with E-state index in [1.165, 1.54) is 42.4 Å². The normalized spacial score (nSPS) is 12.2. The van der Waals surface area contributed by atoms with E-state index in [1.807, 2.05) is 17.5 Å². The first-order valence-electron chi connectivity index (χ1n) is 11.3. The van der Waals surface area contributed by atoms with Crippen molar-refractivity contribution in [3.8, 4) is 22.4 Å². The summed E-state index contributed by atoms with van der Waals surface area (Å²) in [5, 5.41) is 2.70. The standard InChI is InChI=1S/C29H29GeNS/c1-19(2)21-16-17-31-26(18-21)24-13-9-12-22-23-14-15-25(30(3,4)5)27(29(23)32-28(22)24)20-10-7-6-8-11-20/h6-19H,1-5H3. The predicted octanol–water partition coefficient (Wildman–Crippen LogP) is 8.45. The van der Waals surface area contributed by atoms with Crippen molar-refractivity contribution in [1.29, 1.82) is 0 Å². The van der Waals surface area contributed by atoms with Crippen LogP contribution in [0, 0.1) is 0 Å². The summed E-state index contributed by atoms with van der Waals surface area (Å²) in [6, 6.07) is 26.8. The monoisotopic (exact) mass is 497 g/mol. The molecule has 0 amide bonds. The molecule has 5 aromatic rings. The molecule has 0 bridgehead atoms. The van der Waals surface area contributed by atoms with E-state index in [0.717, 1.165) is 5.69 Å². The summed E-state index contributed by atoms with van der Waals surface area (Å²) in [5.74, 6) is 7.97. The van der Waals surface area contributed by atoms with Crippen molar-refractivity contribution >= 4 is 49.2 Å². The summed E-state index contributed by atoms with van der Waals surface area (Å²) in [6.07, 6.45) is 1.96. The van der Waals surface area contributed by atoms with Crippen LogP contribution in [0.2, 0.25) is 17.3 Å². The second kappa shape index (κ2) is 8.17. The molecule has 3 aromatic carbocycles. The van der Waals surface area contributed by atoms with Crippen molar-refractivity contribution in [2.24, 2.45) is 0 Å². The first kappa shape index (κ1) is 21.4. The van der Waals surface area contributed by atoms with Crippen molar-refractivity contribution in [1.82, 2.24) is 4.98 Å². The molecule has 0 aliphatic rings. The third-order valence-corrected chi connectivity index (χ3v) is 11.8. The number of benzene rings is 3. The van der Waals surface area contributed by atoms with Crippen molar-refractivity contribution < 1.29 is 0 Å². The van der Waals surface area contributed by atoms with E-state index >= 15 is 0 Å². The van der Waals surface area contributed by atoms with Gasteiger partial charge >= 0.3 is 198 Å². The molecule has 0 spiro atoms. The van der Waals surface area contributed by atoms with Crippen LogP contribution in [0.25, 0.3) is 42.6 Å². The van der Waals surface area contributed by atoms with Crippen LogP contribution in [0.5, 0.6) is 0 Å². The summed E-state index contributed by atoms with van der Waals surface area (Å²) in [7, 11) is 0. The summed E-state index contributed by atoms with van der Waals surface area (Å²) in [6.45, 7) is 4.48. The molecule has 2 heterocycles. The molecule has 3 heteroatoms. The van der Waals surface area contributed by atoms with Crippen LogP contribution in [-0.2, 0) is 0 Å². The molecule has 2 aromatic heterocycles. The molecule has 0 radical (unpaired) electrons. The van der Waals surface area contributed by atoms with Crippen molar-refractivity contribution in [2.45, 2.75) is 37.0 Å². The van der Waals surface area contributed by atoms with Gasteiger partial charge in [-0.25, -0.2) is 0 Å². The second-order valence-corrected chi connectivity index (χ2v) is 21.5. The minimum atomic E-state index is -2.09. The zero-order chi connectivity index (χ0) is 22.5. The van der Waals surface area contributed by atoms with E-state index < -0.39 is 13.3 Å². The Kier molecular flexibility index (Phi) is 5.47. The Labute approximate surface area is 197 Å². The Balaban J connectivity index is 1.85. The van der Waals surface area contributed by atoms with Gasteiger partial charge < -0.3 is 0 Å². The first-order chi connectivity index (χ1) is 15.3. The van der Waals surface area contributed by atoms with Gasteiger partial charge in [0.2, 0.25) is 0 Å². The Morgan fingerprint density at radius 3 is 2.25 bits per heavy atom. The van der Waals surface area contributed by atoms with E-state index in [0.29, 0.717) is 5.92 Å². The Morgan fingerprint density at radius 1 is 0.781 bits per heavy atom. The minimum absolute atomic E-state index is 0.490. The van der Waals surface area contributed by atoms with Crippen LogP contribution in [0.15, 0.2) is 79.0 Å². The van der Waals surface area contributed by atoms with Gasteiger partial charge in [0.05, 0.1) is 0 Å². The Morgan fingerprint density at radius 2 is 1.53 bits per heavy atom. The number of hydrogen-bond donors (Lipinski definition) is 0. The van der Waals surface area contributed by atoms with Gasteiger partial charge in [-0.15, -0.1) is 0 Å². The van der Waals surface area contributed by atoms with Crippen LogP contribution >= 0.6 is 11.3 Å². The molecule has 32 heavy (non-hydrogen) atoms. The van der Waals surface area contributed by atoms with E-state index in [9.17, 15) is 0 Å². The zero-order valence-electron chi connectivity index (χ0n) is 19.4. The average Bonchev–Trinajstić information content (AvgIpc) is 3.17. The first-order valence-corrected chi connectivity index (χ1v) is 19.5. The maximum absolute atomic E-state index is 4.77. The molecule has 0 saturated carbocycles. The molecule has 0 saturated heterocycles. The number of pyridine rings is 1. The summed E-state index contributed by atoms with van der Waals surface area (Å²) in [4.78, 5) is 4.77. The SMILES string of the molecule is CC(C)c1ccnc(-c2cccc3c2sc2c(-c4ccccc4)[c]([Ge]([CH3])([CH3])[CH3])ccc23)c1. The molecule has 0 aliphatic heterocycles. The van der Waals surface area contributed by atoms with E-state index in [4.69, 9.17) is 4.98 Å². The van der Waals surface area contributed by atoms with Gasteiger partial charge in [-0.2, -0.15) is 0 Å². The van der Waals surface area contributed by atoms with Crippen LogP contribution in [-0.4, -0.2) is 18.3 Å². The van der Waals surface area contributed by atoms with Gasteiger partial charge in [-0.1, -0.05) is 0 Å².